The summed E-state index contributed by atoms with van der Waals surface area (Å²) in [4.78, 5) is 4.38. The van der Waals surface area contributed by atoms with Gasteiger partial charge in [-0.15, -0.1) is 0 Å². The number of ether oxygens (including phenoxy) is 2. The lowest BCUT2D eigenvalue weighted by Gasteiger charge is -2.10. The molecule has 146 valence electrons. The topological polar surface area (TPSA) is 68.9 Å². The molecule has 0 saturated heterocycles. The molecule has 27 heavy (non-hydrogen) atoms. The maximum Gasteiger partial charge on any atom is 0.188 e. The van der Waals surface area contributed by atoms with Gasteiger partial charge in [0.1, 0.15) is 0 Å². The van der Waals surface area contributed by atoms with E-state index < -0.39 is 0 Å². The van der Waals surface area contributed by atoms with E-state index in [0.29, 0.717) is 12.5 Å². The van der Waals surface area contributed by atoms with E-state index in [1.54, 1.807) is 14.2 Å². The first-order valence-electron chi connectivity index (χ1n) is 9.00. The van der Waals surface area contributed by atoms with Gasteiger partial charge in [0.25, 0.3) is 0 Å². The minimum Gasteiger partial charge on any atom is -0.493 e. The van der Waals surface area contributed by atoms with Gasteiger partial charge in [-0.25, -0.2) is 0 Å². The number of nitrogens with zero attached hydrogens (tertiary/aromatic N) is 1. The van der Waals surface area contributed by atoms with Crippen molar-refractivity contribution in [3.05, 3.63) is 59.2 Å². The lowest BCUT2D eigenvalue weighted by Crippen LogP contribution is -2.33. The van der Waals surface area contributed by atoms with Crippen molar-refractivity contribution in [3.8, 4) is 11.5 Å². The third-order valence-electron chi connectivity index (χ3n) is 4.07. The summed E-state index contributed by atoms with van der Waals surface area (Å²) < 4.78 is 10.6. The number of aryl methyl sites for hydroxylation is 1. The summed E-state index contributed by atoms with van der Waals surface area (Å²) in [5.74, 6) is 3.92. The summed E-state index contributed by atoms with van der Waals surface area (Å²) in [7, 11) is 3.27. The molecule has 5 nitrogen and oxygen atoms in total. The van der Waals surface area contributed by atoms with Crippen LogP contribution in [0.5, 0.6) is 11.5 Å². The number of aliphatic imine (C=N–C) groups is 1. The molecule has 0 heterocycles. The summed E-state index contributed by atoms with van der Waals surface area (Å²) in [5.41, 5.74) is 9.72. The number of hydrogen-bond donors (Lipinski definition) is 2. The van der Waals surface area contributed by atoms with Crippen molar-refractivity contribution < 1.29 is 9.47 Å². The second-order valence-corrected chi connectivity index (χ2v) is 7.28. The Morgan fingerprint density at radius 2 is 1.74 bits per heavy atom. The molecule has 0 spiro atoms. The van der Waals surface area contributed by atoms with Crippen LogP contribution in [0.15, 0.2) is 47.5 Å². The van der Waals surface area contributed by atoms with Crippen LogP contribution in [-0.2, 0) is 12.2 Å². The minimum atomic E-state index is 0.492. The van der Waals surface area contributed by atoms with E-state index in [1.165, 1.54) is 11.1 Å². The number of hydrogen-bond acceptors (Lipinski definition) is 4. The van der Waals surface area contributed by atoms with Crippen LogP contribution in [0.2, 0.25) is 0 Å². The Balaban J connectivity index is 1.65. The van der Waals surface area contributed by atoms with Crippen molar-refractivity contribution in [2.45, 2.75) is 19.1 Å². The maximum atomic E-state index is 5.93. The molecule has 2 aromatic carbocycles. The molecule has 0 unspecified atom stereocenters. The summed E-state index contributed by atoms with van der Waals surface area (Å²) in [6.07, 6.45) is 0.832. The second-order valence-electron chi connectivity index (χ2n) is 6.17. The van der Waals surface area contributed by atoms with Crippen LogP contribution >= 0.6 is 11.8 Å². The summed E-state index contributed by atoms with van der Waals surface area (Å²) in [6.45, 7) is 3.54. The molecule has 2 rings (SSSR count). The van der Waals surface area contributed by atoms with Crippen molar-refractivity contribution in [2.75, 3.05) is 33.1 Å². The molecule has 0 bridgehead atoms. The number of rotatable bonds is 10. The first-order chi connectivity index (χ1) is 13.1. The highest BCUT2D eigenvalue weighted by molar-refractivity contribution is 7.98. The lowest BCUT2D eigenvalue weighted by molar-refractivity contribution is 0.354. The van der Waals surface area contributed by atoms with Crippen LogP contribution in [0, 0.1) is 6.92 Å². The predicted octanol–water partition coefficient (Wildman–Crippen LogP) is 3.39. The van der Waals surface area contributed by atoms with E-state index in [-0.39, 0.29) is 0 Å². The molecule has 6 heteroatoms. The third-order valence-corrected chi connectivity index (χ3v) is 5.08. The van der Waals surface area contributed by atoms with E-state index in [1.807, 2.05) is 30.0 Å². The molecule has 0 atom stereocenters. The van der Waals surface area contributed by atoms with Crippen LogP contribution in [0.4, 0.5) is 0 Å². The van der Waals surface area contributed by atoms with Gasteiger partial charge in [0.2, 0.25) is 0 Å². The Bertz CT molecular complexity index is 733. The van der Waals surface area contributed by atoms with E-state index in [9.17, 15) is 0 Å². The highest BCUT2D eigenvalue weighted by Gasteiger charge is 2.04. The van der Waals surface area contributed by atoms with E-state index >= 15 is 0 Å². The number of nitrogens with one attached hydrogen (secondary N) is 1. The Morgan fingerprint density at radius 1 is 1.04 bits per heavy atom. The van der Waals surface area contributed by atoms with Crippen molar-refractivity contribution in [1.29, 1.82) is 0 Å². The fraction of sp³-hybridized carbons (Fsp3) is 0.381. The fourth-order valence-corrected chi connectivity index (χ4v) is 3.32. The van der Waals surface area contributed by atoms with Gasteiger partial charge >= 0.3 is 0 Å². The number of nitrogens with two attached hydrogens (primary N) is 1. The van der Waals surface area contributed by atoms with Crippen LogP contribution in [0.25, 0.3) is 0 Å². The van der Waals surface area contributed by atoms with Crippen molar-refractivity contribution >= 4 is 17.7 Å². The summed E-state index contributed by atoms with van der Waals surface area (Å²) >= 11 is 1.87. The average Bonchev–Trinajstić information content (AvgIpc) is 2.69. The highest BCUT2D eigenvalue weighted by Crippen LogP contribution is 2.27. The monoisotopic (exact) mass is 387 g/mol. The number of thioether (sulfide) groups is 1. The van der Waals surface area contributed by atoms with Crippen LogP contribution in [0.3, 0.4) is 0 Å². The van der Waals surface area contributed by atoms with E-state index in [2.05, 4.69) is 41.5 Å². The summed E-state index contributed by atoms with van der Waals surface area (Å²) in [5, 5.41) is 3.16. The molecule has 3 N–H and O–H groups in total. The largest absolute Gasteiger partial charge is 0.493 e. The van der Waals surface area contributed by atoms with Crippen LogP contribution in [-0.4, -0.2) is 39.0 Å². The average molecular weight is 388 g/mol. The molecule has 0 aromatic heterocycles. The molecule has 0 amide bonds. The fourth-order valence-electron chi connectivity index (χ4n) is 2.53. The van der Waals surface area contributed by atoms with Crippen LogP contribution < -0.4 is 20.5 Å². The molecule has 0 aliphatic heterocycles. The molecule has 2 aromatic rings. The SMILES string of the molecule is COc1ccc(CCNC(N)=NCCSCc2ccc(C)cc2)cc1OC. The van der Waals surface area contributed by atoms with Crippen molar-refractivity contribution in [2.24, 2.45) is 10.7 Å². The Morgan fingerprint density at radius 3 is 2.44 bits per heavy atom. The second kappa shape index (κ2) is 11.4. The van der Waals surface area contributed by atoms with Gasteiger partial charge in [0.15, 0.2) is 17.5 Å². The summed E-state index contributed by atoms with van der Waals surface area (Å²) in [6, 6.07) is 14.6. The quantitative estimate of drug-likeness (QED) is 0.372. The van der Waals surface area contributed by atoms with Gasteiger partial charge in [-0.2, -0.15) is 11.8 Å². The zero-order valence-electron chi connectivity index (χ0n) is 16.3. The Labute approximate surface area is 166 Å². The molecular formula is C21H29N3O2S. The molecular weight excluding hydrogens is 358 g/mol. The van der Waals surface area contributed by atoms with Gasteiger partial charge in [0, 0.05) is 18.1 Å². The standard InChI is InChI=1S/C21H29N3O2S/c1-16-4-6-18(7-5-16)15-27-13-12-24-21(22)23-11-10-17-8-9-19(25-2)20(14-17)26-3/h4-9,14H,10-13,15H2,1-3H3,(H3,22,23,24). The van der Waals surface area contributed by atoms with Gasteiger partial charge in [0.05, 0.1) is 20.8 Å². The predicted molar refractivity (Wildman–Crippen MR) is 115 cm³/mol. The van der Waals surface area contributed by atoms with Crippen molar-refractivity contribution in [1.82, 2.24) is 5.32 Å². The van der Waals surface area contributed by atoms with Gasteiger partial charge < -0.3 is 20.5 Å². The first-order valence-corrected chi connectivity index (χ1v) is 10.2. The molecule has 0 aliphatic carbocycles. The third kappa shape index (κ3) is 7.43. The normalized spacial score (nSPS) is 11.3. The number of methoxy groups -OCH3 is 2. The van der Waals surface area contributed by atoms with E-state index in [4.69, 9.17) is 15.2 Å². The Kier molecular flexibility index (Phi) is 8.84. The zero-order valence-corrected chi connectivity index (χ0v) is 17.1. The first kappa shape index (κ1) is 21.0. The van der Waals surface area contributed by atoms with E-state index in [0.717, 1.165) is 41.5 Å². The molecule has 0 aliphatic rings. The van der Waals surface area contributed by atoms with Crippen molar-refractivity contribution in [3.63, 3.8) is 0 Å². The molecule has 0 radical (unpaired) electrons. The van der Waals surface area contributed by atoms with Gasteiger partial charge in [-0.3, -0.25) is 4.99 Å². The molecule has 0 saturated carbocycles. The highest BCUT2D eigenvalue weighted by atomic mass is 32.2. The lowest BCUT2D eigenvalue weighted by atomic mass is 10.1. The Hall–Kier alpha value is -2.34. The molecule has 0 fully saturated rings. The smallest absolute Gasteiger partial charge is 0.188 e. The minimum absolute atomic E-state index is 0.492. The number of guanidine groups is 1. The van der Waals surface area contributed by atoms with Crippen LogP contribution in [0.1, 0.15) is 16.7 Å². The number of benzene rings is 2. The van der Waals surface area contributed by atoms with Gasteiger partial charge in [-0.1, -0.05) is 35.9 Å². The van der Waals surface area contributed by atoms with Gasteiger partial charge in [-0.05, 0) is 36.6 Å². The zero-order chi connectivity index (χ0) is 19.5. The maximum absolute atomic E-state index is 5.93.